The molecule has 0 aromatic carbocycles. The Morgan fingerprint density at radius 1 is 0.389 bits per heavy atom. The maximum atomic E-state index is 12.6. The van der Waals surface area contributed by atoms with Crippen LogP contribution in [0.5, 0.6) is 0 Å². The first-order valence-electron chi connectivity index (χ1n) is 38.7. The number of hydrogen-bond acceptors (Lipinski definition) is 30. The first-order chi connectivity index (χ1) is 51.6. The largest absolute Gasteiger partial charge is 0.460 e. The summed E-state index contributed by atoms with van der Waals surface area (Å²) in [6, 6.07) is 7.61. The summed E-state index contributed by atoms with van der Waals surface area (Å²) in [6.45, 7) is 38.0. The Bertz CT molecular complexity index is 2020. The third-order valence-electron chi connectivity index (χ3n) is 14.3. The van der Waals surface area contributed by atoms with Crippen LogP contribution in [-0.2, 0) is 80.7 Å². The standard InChI is InChI=1S/C22H44O5.C19H41N3O5.C17H33NO4.C13H20N4O3.C4H11NO3.C3H3N/c1-7-10-13-24-17-22(18-25-14-11-8-2,19-26-15-12-9-3)16-20(23)27-21(4,5)6;1-18(2,3)27-17(23)13-19(14-24-10-4-7-20,15-25-11-5-8-21)16-26-12-6-9-22;1-4-7-10-20-13-17(18-16-19,14-21-11-8-5-2)15-22-12-9-6-3;14-4-1-7-18-10-13(17,11-19-8-2-5-15)12-20-9-3-6-16;5-4(1-6,2-7)3-8;1-2-3-4/h7-19H2,1-6H3;4-16,20-22H2,1-3H3;4-15H2,1-3H3;1-3,7-12,17H2;6-8H,1-3,5H2;2H,1H2. The normalized spacial score (nSPS) is 11.5. The number of rotatable bonds is 65. The molecule has 108 heavy (non-hydrogen) atoms. The highest BCUT2D eigenvalue weighted by molar-refractivity contribution is 5.71. The van der Waals surface area contributed by atoms with Gasteiger partial charge in [-0.2, -0.15) is 26.0 Å². The number of nitrogens with zero attached hydrogens (tertiary/aromatic N) is 5. The lowest BCUT2D eigenvalue weighted by Gasteiger charge is -2.33. The van der Waals surface area contributed by atoms with Crippen molar-refractivity contribution in [3.05, 3.63) is 12.7 Å². The number of aliphatic hydroxyl groups excluding tert-OH is 3. The highest BCUT2D eigenvalue weighted by atomic mass is 16.6. The van der Waals surface area contributed by atoms with Gasteiger partial charge in [0.2, 0.25) is 6.08 Å². The zero-order valence-electron chi connectivity index (χ0n) is 69.0. The average Bonchev–Trinajstić information content (AvgIpc) is 0.877. The number of allylic oxidation sites excluding steroid dienone is 1. The molecular weight excluding hydrogens is 1400 g/mol. The number of esters is 2. The van der Waals surface area contributed by atoms with Gasteiger partial charge < -0.3 is 110 Å². The first kappa shape index (κ1) is 114. The van der Waals surface area contributed by atoms with Gasteiger partial charge in [-0.3, -0.25) is 9.59 Å². The summed E-state index contributed by atoms with van der Waals surface area (Å²) in [6.07, 6.45) is 18.9. The van der Waals surface area contributed by atoms with E-state index in [1.54, 1.807) is 12.1 Å². The summed E-state index contributed by atoms with van der Waals surface area (Å²) >= 11 is 0. The van der Waals surface area contributed by atoms with E-state index < -0.39 is 58.5 Å². The zero-order chi connectivity index (χ0) is 82.9. The van der Waals surface area contributed by atoms with E-state index in [9.17, 15) is 14.4 Å². The number of nitriles is 4. The van der Waals surface area contributed by atoms with Crippen molar-refractivity contribution in [2.24, 2.45) is 44.5 Å². The van der Waals surface area contributed by atoms with Crippen LogP contribution in [0.15, 0.2) is 17.6 Å². The maximum Gasteiger partial charge on any atom is 0.307 e. The Morgan fingerprint density at radius 3 is 0.787 bits per heavy atom. The molecule has 0 aromatic heterocycles. The molecule has 0 saturated carbocycles. The van der Waals surface area contributed by atoms with Crippen LogP contribution >= 0.6 is 0 Å². The third-order valence-corrected chi connectivity index (χ3v) is 14.3. The van der Waals surface area contributed by atoms with Gasteiger partial charge in [-0.25, -0.2) is 4.79 Å². The number of carbonyl (C=O) groups is 2. The van der Waals surface area contributed by atoms with Gasteiger partial charge in [0.15, 0.2) is 0 Å². The van der Waals surface area contributed by atoms with Crippen LogP contribution in [0, 0.1) is 56.2 Å². The van der Waals surface area contributed by atoms with Crippen molar-refractivity contribution in [1.29, 1.82) is 21.0 Å². The van der Waals surface area contributed by atoms with E-state index in [0.717, 1.165) is 96.3 Å². The van der Waals surface area contributed by atoms with Crippen molar-refractivity contribution in [3.63, 3.8) is 0 Å². The number of ether oxygens (including phenoxy) is 14. The summed E-state index contributed by atoms with van der Waals surface area (Å²) in [7, 11) is 0. The lowest BCUT2D eigenvalue weighted by atomic mass is 9.86. The molecule has 13 N–H and O–H groups in total. The fraction of sp³-hybridized carbons (Fsp3) is 0.885. The minimum atomic E-state index is -1.21. The van der Waals surface area contributed by atoms with Crippen molar-refractivity contribution in [2.45, 2.75) is 239 Å². The van der Waals surface area contributed by atoms with Gasteiger partial charge in [0.25, 0.3) is 0 Å². The molecule has 30 nitrogen and oxygen atoms in total. The van der Waals surface area contributed by atoms with Crippen molar-refractivity contribution >= 4 is 18.0 Å². The number of aliphatic hydroxyl groups is 3. The smallest absolute Gasteiger partial charge is 0.307 e. The predicted molar refractivity (Wildman–Crippen MR) is 419 cm³/mol. The van der Waals surface area contributed by atoms with E-state index in [0.29, 0.717) is 178 Å². The van der Waals surface area contributed by atoms with E-state index in [1.807, 2.05) is 59.8 Å². The van der Waals surface area contributed by atoms with Gasteiger partial charge in [-0.1, -0.05) is 86.6 Å². The van der Waals surface area contributed by atoms with E-state index in [4.69, 9.17) is 131 Å². The summed E-state index contributed by atoms with van der Waals surface area (Å²) in [5.74, 6) is -0.519. The molecule has 0 radical (unpaired) electrons. The zero-order valence-corrected chi connectivity index (χ0v) is 69.0. The molecule has 634 valence electrons. The summed E-state index contributed by atoms with van der Waals surface area (Å²) in [4.78, 5) is 39.8. The fourth-order valence-electron chi connectivity index (χ4n) is 8.25. The predicted octanol–water partition coefficient (Wildman–Crippen LogP) is 8.30. The van der Waals surface area contributed by atoms with Crippen molar-refractivity contribution in [1.82, 2.24) is 0 Å². The molecule has 0 spiro atoms. The molecule has 0 aromatic rings. The van der Waals surface area contributed by atoms with Crippen molar-refractivity contribution in [3.8, 4) is 24.3 Å². The highest BCUT2D eigenvalue weighted by Gasteiger charge is 2.38. The Hall–Kier alpha value is -4.78. The Kier molecular flexibility index (Phi) is 84.8. The number of unbranched alkanes of at least 4 members (excludes halogenated alkanes) is 6. The second-order valence-electron chi connectivity index (χ2n) is 28.4. The molecule has 0 atom stereocenters. The number of aliphatic imine (C=N–C) groups is 1. The van der Waals surface area contributed by atoms with Crippen LogP contribution in [0.25, 0.3) is 0 Å². The van der Waals surface area contributed by atoms with E-state index in [1.165, 1.54) is 6.08 Å². The Morgan fingerprint density at radius 2 is 0.611 bits per heavy atom. The third kappa shape index (κ3) is 79.3. The quantitative estimate of drug-likeness (QED) is 0.00932. The molecule has 0 rings (SSSR count). The van der Waals surface area contributed by atoms with E-state index in [-0.39, 0.29) is 44.6 Å². The molecule has 0 aliphatic heterocycles. The van der Waals surface area contributed by atoms with Gasteiger partial charge in [-0.05, 0) is 119 Å². The summed E-state index contributed by atoms with van der Waals surface area (Å²) in [5, 5.41) is 57.8. The number of nitrogens with two attached hydrogens (primary N) is 5. The first-order valence-corrected chi connectivity index (χ1v) is 38.7. The number of isocyanates is 1. The molecule has 0 unspecified atom stereocenters. The van der Waals surface area contributed by atoms with Gasteiger partial charge in [0.1, 0.15) is 16.7 Å². The van der Waals surface area contributed by atoms with Crippen LogP contribution in [0.2, 0.25) is 0 Å². The summed E-state index contributed by atoms with van der Waals surface area (Å²) in [5.41, 5.74) is 22.8. The Balaban J connectivity index is -0.000000306. The number of hydrogen-bond donors (Lipinski definition) is 8. The van der Waals surface area contributed by atoms with Gasteiger partial charge in [-0.15, -0.1) is 0 Å². The molecule has 0 aliphatic rings. The van der Waals surface area contributed by atoms with E-state index >= 15 is 0 Å². The maximum absolute atomic E-state index is 12.6. The molecule has 0 saturated heterocycles. The molecule has 0 aliphatic carbocycles. The molecule has 0 amide bonds. The van der Waals surface area contributed by atoms with Crippen LogP contribution in [0.4, 0.5) is 0 Å². The lowest BCUT2D eigenvalue weighted by Crippen LogP contribution is -2.53. The lowest BCUT2D eigenvalue weighted by molar-refractivity contribution is -0.164. The van der Waals surface area contributed by atoms with Gasteiger partial charge in [0.05, 0.1) is 197 Å². The fourth-order valence-corrected chi connectivity index (χ4v) is 8.25. The van der Waals surface area contributed by atoms with Crippen LogP contribution in [0.1, 0.15) is 212 Å². The van der Waals surface area contributed by atoms with Gasteiger partial charge in [0, 0.05) is 65.5 Å². The topological polar surface area (TPSA) is 479 Å². The molecule has 0 heterocycles. The minimum absolute atomic E-state index is 0.151. The van der Waals surface area contributed by atoms with Gasteiger partial charge >= 0.3 is 11.9 Å². The SMILES string of the molecule is C=CC#N.CC(C)(C)OC(=O)CC(COCCCN)(COCCCN)COCCCN.CCCCOCC(COCCCC)(COCCCC)CC(=O)OC(C)(C)C.CCCCOCC(COCCCC)(COCCCC)N=C=O.N#CCCOCC(N)(COCCC#N)COCCC#N.NC(CO)(CO)CO. The molecular formula is C78H152N10O20. The Labute approximate surface area is 651 Å². The summed E-state index contributed by atoms with van der Waals surface area (Å²) < 4.78 is 79.2. The average molecular weight is 1550 g/mol. The second kappa shape index (κ2) is 80.3. The molecule has 0 bridgehead atoms. The van der Waals surface area contributed by atoms with Crippen LogP contribution in [-0.4, -0.2) is 259 Å². The van der Waals surface area contributed by atoms with Crippen molar-refractivity contribution in [2.75, 3.05) is 198 Å². The minimum Gasteiger partial charge on any atom is -0.460 e. The van der Waals surface area contributed by atoms with E-state index in [2.05, 4.69) is 53.1 Å². The molecule has 30 heteroatoms. The highest BCUT2D eigenvalue weighted by Crippen LogP contribution is 2.29. The number of carbonyl (C=O) groups excluding carboxylic acids is 3. The van der Waals surface area contributed by atoms with Crippen LogP contribution < -0.4 is 28.7 Å². The van der Waals surface area contributed by atoms with Crippen molar-refractivity contribution < 1.29 is 96.0 Å². The monoisotopic (exact) mass is 1550 g/mol. The second-order valence-corrected chi connectivity index (χ2v) is 28.4. The molecule has 0 fully saturated rings. The van der Waals surface area contributed by atoms with Crippen LogP contribution in [0.3, 0.4) is 0 Å².